The lowest BCUT2D eigenvalue weighted by Gasteiger charge is -2.30. The maximum atomic E-state index is 13.7. The van der Waals surface area contributed by atoms with E-state index in [4.69, 9.17) is 9.47 Å². The van der Waals surface area contributed by atoms with Crippen LogP contribution in [-0.2, 0) is 9.47 Å². The Bertz CT molecular complexity index is 1930. The van der Waals surface area contributed by atoms with Crippen LogP contribution in [0.1, 0.15) is 68.1 Å². The van der Waals surface area contributed by atoms with E-state index >= 15 is 0 Å². The topological polar surface area (TPSA) is 93.2 Å². The Labute approximate surface area is 269 Å². The lowest BCUT2D eigenvalue weighted by atomic mass is 9.82. The molecule has 0 bridgehead atoms. The lowest BCUT2D eigenvalue weighted by molar-refractivity contribution is 0.0511. The molecule has 2 aliphatic heterocycles. The third kappa shape index (κ3) is 4.14. The first-order valence-electron chi connectivity index (χ1n) is 14.8. The molecule has 0 radical (unpaired) electrons. The molecule has 0 N–H and O–H groups in total. The second kappa shape index (κ2) is 11.2. The van der Waals surface area contributed by atoms with Gasteiger partial charge in [-0.3, -0.25) is 29.0 Å². The molecule has 2 heterocycles. The fourth-order valence-electron chi connectivity index (χ4n) is 6.68. The van der Waals surface area contributed by atoms with Crippen LogP contribution < -0.4 is 0 Å². The Morgan fingerprint density at radius 2 is 0.909 bits per heavy atom. The number of amides is 4. The molecule has 44 heavy (non-hydrogen) atoms. The number of hydrogen-bond donors (Lipinski definition) is 0. The van der Waals surface area contributed by atoms with Gasteiger partial charge in [-0.1, -0.05) is 57.8 Å². The molecule has 0 fully saturated rings. The van der Waals surface area contributed by atoms with E-state index in [0.29, 0.717) is 55.2 Å². The molecule has 7 rings (SSSR count). The highest BCUT2D eigenvalue weighted by molar-refractivity contribution is 9.11. The number of carbonyl (C=O) groups is 4. The first kappa shape index (κ1) is 29.3. The van der Waals surface area contributed by atoms with E-state index in [-0.39, 0.29) is 49.9 Å². The van der Waals surface area contributed by atoms with Gasteiger partial charge in [-0.05, 0) is 47.9 Å². The van der Waals surface area contributed by atoms with E-state index in [1.54, 1.807) is 24.3 Å². The summed E-state index contributed by atoms with van der Waals surface area (Å²) in [6, 6.07) is 10.9. The van der Waals surface area contributed by atoms with Crippen molar-refractivity contribution in [3.63, 3.8) is 0 Å². The number of benzene rings is 5. The second-order valence-corrected chi connectivity index (χ2v) is 12.8. The summed E-state index contributed by atoms with van der Waals surface area (Å²) < 4.78 is 12.5. The minimum Gasteiger partial charge on any atom is -0.380 e. The molecule has 4 amide bonds. The Kier molecular flexibility index (Phi) is 7.43. The normalized spacial score (nSPS) is 14.9. The fraction of sp³-hybridized carbons (Fsp3) is 0.294. The number of rotatable bonds is 10. The summed E-state index contributed by atoms with van der Waals surface area (Å²) >= 11 is 7.50. The molecule has 0 saturated carbocycles. The summed E-state index contributed by atoms with van der Waals surface area (Å²) in [5.41, 5.74) is 1.80. The van der Waals surface area contributed by atoms with Crippen molar-refractivity contribution in [2.45, 2.75) is 26.7 Å². The van der Waals surface area contributed by atoms with Gasteiger partial charge in [0.25, 0.3) is 23.6 Å². The quantitative estimate of drug-likeness (QED) is 0.0651. The minimum atomic E-state index is -0.360. The highest BCUT2D eigenvalue weighted by Crippen LogP contribution is 2.50. The van der Waals surface area contributed by atoms with Gasteiger partial charge >= 0.3 is 0 Å². The van der Waals surface area contributed by atoms with Crippen molar-refractivity contribution in [2.24, 2.45) is 0 Å². The molecule has 0 spiro atoms. The van der Waals surface area contributed by atoms with Gasteiger partial charge in [-0.25, -0.2) is 0 Å². The minimum absolute atomic E-state index is 0.169. The van der Waals surface area contributed by atoms with E-state index in [1.807, 2.05) is 26.0 Å². The highest BCUT2D eigenvalue weighted by atomic mass is 79.9. The number of nitrogens with zero attached hydrogens (tertiary/aromatic N) is 2. The van der Waals surface area contributed by atoms with Crippen LogP contribution in [0.25, 0.3) is 43.1 Å². The molecule has 0 atom stereocenters. The average Bonchev–Trinajstić information content (AvgIpc) is 3.01. The van der Waals surface area contributed by atoms with Crippen molar-refractivity contribution in [2.75, 3.05) is 39.5 Å². The molecule has 0 aromatic heterocycles. The number of fused-ring (bicyclic) bond motifs is 2. The Hall–Kier alpha value is -3.44. The Morgan fingerprint density at radius 1 is 0.523 bits per heavy atom. The van der Waals surface area contributed by atoms with Gasteiger partial charge in [-0.15, -0.1) is 0 Å². The number of hydrogen-bond acceptors (Lipinski definition) is 6. The van der Waals surface area contributed by atoms with Gasteiger partial charge < -0.3 is 9.47 Å². The van der Waals surface area contributed by atoms with Crippen LogP contribution in [0.4, 0.5) is 0 Å². The van der Waals surface area contributed by atoms with Crippen LogP contribution in [0.5, 0.6) is 0 Å². The maximum absolute atomic E-state index is 13.7. The van der Waals surface area contributed by atoms with Crippen molar-refractivity contribution in [3.05, 3.63) is 67.6 Å². The first-order valence-corrected chi connectivity index (χ1v) is 16.4. The molecular weight excluding hydrogens is 692 g/mol. The van der Waals surface area contributed by atoms with Crippen molar-refractivity contribution < 1.29 is 28.7 Å². The van der Waals surface area contributed by atoms with Crippen LogP contribution in [0, 0.1) is 0 Å². The molecular formula is C34H28Br2N2O6. The number of ether oxygens (including phenoxy) is 2. The van der Waals surface area contributed by atoms with Crippen LogP contribution in [0.3, 0.4) is 0 Å². The molecule has 0 aliphatic carbocycles. The molecule has 8 nitrogen and oxygen atoms in total. The zero-order chi connectivity index (χ0) is 30.9. The monoisotopic (exact) mass is 718 g/mol. The van der Waals surface area contributed by atoms with Crippen LogP contribution >= 0.6 is 31.9 Å². The average molecular weight is 720 g/mol. The summed E-state index contributed by atoms with van der Waals surface area (Å²) in [5.74, 6) is -1.42. The van der Waals surface area contributed by atoms with Gasteiger partial charge in [0.05, 0.1) is 26.3 Å². The summed E-state index contributed by atoms with van der Waals surface area (Å²) in [7, 11) is 0. The maximum Gasteiger partial charge on any atom is 0.261 e. The molecule has 0 unspecified atom stereocenters. The zero-order valence-corrected chi connectivity index (χ0v) is 27.4. The van der Waals surface area contributed by atoms with E-state index in [1.165, 1.54) is 9.80 Å². The van der Waals surface area contributed by atoms with Gasteiger partial charge in [0.2, 0.25) is 0 Å². The van der Waals surface area contributed by atoms with E-state index < -0.39 is 0 Å². The van der Waals surface area contributed by atoms with Gasteiger partial charge in [0.1, 0.15) is 0 Å². The van der Waals surface area contributed by atoms with Crippen LogP contribution in [0.15, 0.2) is 45.3 Å². The van der Waals surface area contributed by atoms with E-state index in [9.17, 15) is 19.2 Å². The zero-order valence-electron chi connectivity index (χ0n) is 24.2. The molecule has 224 valence electrons. The summed E-state index contributed by atoms with van der Waals surface area (Å²) in [4.78, 5) is 57.4. The number of halogens is 2. The number of imide groups is 2. The van der Waals surface area contributed by atoms with Gasteiger partial charge in [0, 0.05) is 76.7 Å². The van der Waals surface area contributed by atoms with Crippen molar-refractivity contribution in [1.29, 1.82) is 0 Å². The summed E-state index contributed by atoms with van der Waals surface area (Å²) in [5, 5.41) is 6.07. The first-order chi connectivity index (χ1) is 21.3. The molecule has 10 heteroatoms. The van der Waals surface area contributed by atoms with Gasteiger partial charge in [0.15, 0.2) is 0 Å². The highest BCUT2D eigenvalue weighted by Gasteiger charge is 2.37. The molecule has 5 aromatic rings. The molecule has 2 aliphatic rings. The largest absolute Gasteiger partial charge is 0.380 e. The fourth-order valence-corrected chi connectivity index (χ4v) is 7.96. The van der Waals surface area contributed by atoms with Crippen molar-refractivity contribution >= 4 is 98.6 Å². The number of carbonyl (C=O) groups excluding carboxylic acids is 4. The third-order valence-corrected chi connectivity index (χ3v) is 9.78. The van der Waals surface area contributed by atoms with Crippen molar-refractivity contribution in [1.82, 2.24) is 9.80 Å². The third-order valence-electron chi connectivity index (χ3n) is 8.53. The second-order valence-electron chi connectivity index (χ2n) is 11.1. The van der Waals surface area contributed by atoms with Gasteiger partial charge in [-0.2, -0.15) is 0 Å². The van der Waals surface area contributed by atoms with Crippen LogP contribution in [0.2, 0.25) is 0 Å². The van der Waals surface area contributed by atoms with E-state index in [2.05, 4.69) is 31.9 Å². The molecule has 5 aromatic carbocycles. The summed E-state index contributed by atoms with van der Waals surface area (Å²) in [6.07, 6.45) is 1.70. The van der Waals surface area contributed by atoms with Crippen LogP contribution in [-0.4, -0.2) is 72.9 Å². The Morgan fingerprint density at radius 3 is 1.30 bits per heavy atom. The SMILES string of the molecule is CCCOCCN1C(=O)c2ccc3c4c(Br)cc5c6c(ccc(c7c(Br)cc(c2c37)C1=O)c64)C(=O)N(CCOCCC)C5=O. The Balaban J connectivity index is 1.46. The van der Waals surface area contributed by atoms with Crippen molar-refractivity contribution in [3.8, 4) is 0 Å². The molecule has 0 saturated heterocycles. The summed E-state index contributed by atoms with van der Waals surface area (Å²) in [6.45, 7) is 6.02. The van der Waals surface area contributed by atoms with E-state index in [0.717, 1.165) is 45.2 Å². The predicted octanol–water partition coefficient (Wildman–Crippen LogP) is 7.31. The predicted molar refractivity (Wildman–Crippen MR) is 176 cm³/mol. The smallest absolute Gasteiger partial charge is 0.261 e. The standard InChI is InChI=1S/C34H28Br2N2O6/c1-3-11-43-13-9-37-31(39)19-7-5-17-28-24(36)16-22-26-20(32(40)38(34(22)42)10-14-44-12-4-2)8-6-18(30(26)28)27-23(35)15-21(33(37)41)25(19)29(17)27/h5-8,15-16H,3-4,9-14H2,1-2H3. The lowest BCUT2D eigenvalue weighted by Crippen LogP contribution is -2.42.